The fraction of sp³-hybridized carbons (Fsp3) is 0.643. The molecule has 1 saturated heterocycles. The van der Waals surface area contributed by atoms with Crippen LogP contribution in [-0.4, -0.2) is 47.1 Å². The Labute approximate surface area is 119 Å². The molecule has 2 aliphatic rings. The largest absolute Gasteiger partial charge is 0.363 e. The third-order valence-electron chi connectivity index (χ3n) is 4.47. The molecule has 0 unspecified atom stereocenters. The molecule has 6 heteroatoms. The van der Waals surface area contributed by atoms with E-state index in [1.54, 1.807) is 6.07 Å². The van der Waals surface area contributed by atoms with Crippen LogP contribution < -0.4 is 10.2 Å². The molecular weight excluding hydrogens is 254 g/mol. The highest BCUT2D eigenvalue weighted by molar-refractivity contribution is 5.89. The van der Waals surface area contributed by atoms with Crippen molar-refractivity contribution >= 4 is 17.7 Å². The molecule has 1 aliphatic heterocycles. The Morgan fingerprint density at radius 1 is 1.30 bits per heavy atom. The Kier molecular flexibility index (Phi) is 3.23. The summed E-state index contributed by atoms with van der Waals surface area (Å²) in [4.78, 5) is 24.6. The van der Waals surface area contributed by atoms with Gasteiger partial charge in [0.15, 0.2) is 0 Å². The molecule has 2 amide bonds. The van der Waals surface area contributed by atoms with E-state index in [0.29, 0.717) is 5.82 Å². The Morgan fingerprint density at radius 2 is 2.05 bits per heavy atom. The normalized spacial score (nSPS) is 19.8. The molecule has 0 bridgehead atoms. The van der Waals surface area contributed by atoms with Gasteiger partial charge in [-0.2, -0.15) is 0 Å². The maximum Gasteiger partial charge on any atom is 0.323 e. The van der Waals surface area contributed by atoms with Crippen LogP contribution in [0, 0.1) is 0 Å². The van der Waals surface area contributed by atoms with Crippen LogP contribution in [0.15, 0.2) is 12.4 Å². The number of rotatable bonds is 2. The van der Waals surface area contributed by atoms with Crippen molar-refractivity contribution in [3.63, 3.8) is 0 Å². The Hall–Kier alpha value is -1.85. The lowest BCUT2D eigenvalue weighted by molar-refractivity contribution is 0.0881. The minimum Gasteiger partial charge on any atom is -0.363 e. The molecule has 1 aliphatic carbocycles. The van der Waals surface area contributed by atoms with Crippen molar-refractivity contribution in [2.75, 3.05) is 30.9 Å². The summed E-state index contributed by atoms with van der Waals surface area (Å²) in [6.07, 6.45) is 7.27. The number of nitrogens with one attached hydrogen (secondary N) is 1. The van der Waals surface area contributed by atoms with Gasteiger partial charge in [0.05, 0.1) is 0 Å². The van der Waals surface area contributed by atoms with E-state index in [2.05, 4.69) is 15.3 Å². The summed E-state index contributed by atoms with van der Waals surface area (Å²) >= 11 is 0. The number of urea groups is 1. The first-order valence-corrected chi connectivity index (χ1v) is 7.19. The Morgan fingerprint density at radius 3 is 2.70 bits per heavy atom. The van der Waals surface area contributed by atoms with Crippen LogP contribution >= 0.6 is 0 Å². The molecular formula is C14H21N5O. The van der Waals surface area contributed by atoms with Crippen LogP contribution in [0.3, 0.4) is 0 Å². The van der Waals surface area contributed by atoms with Crippen molar-refractivity contribution in [1.29, 1.82) is 0 Å². The van der Waals surface area contributed by atoms with Gasteiger partial charge in [-0.25, -0.2) is 14.8 Å². The van der Waals surface area contributed by atoms with Gasteiger partial charge >= 0.3 is 6.03 Å². The summed E-state index contributed by atoms with van der Waals surface area (Å²) in [5, 5.41) is 2.91. The van der Waals surface area contributed by atoms with Crippen LogP contribution in [0.5, 0.6) is 0 Å². The van der Waals surface area contributed by atoms with Crippen LogP contribution in [-0.2, 0) is 0 Å². The zero-order chi connectivity index (χ0) is 14.2. The topological polar surface area (TPSA) is 61.4 Å². The number of hydrogen-bond donors (Lipinski definition) is 1. The Bertz CT molecular complexity index is 512. The van der Waals surface area contributed by atoms with E-state index < -0.39 is 0 Å². The lowest BCUT2D eigenvalue weighted by Crippen LogP contribution is -2.53. The number of amides is 2. The second kappa shape index (κ2) is 4.92. The van der Waals surface area contributed by atoms with Gasteiger partial charge in [0, 0.05) is 32.2 Å². The summed E-state index contributed by atoms with van der Waals surface area (Å²) in [6, 6.07) is 1.77. The van der Waals surface area contributed by atoms with Crippen molar-refractivity contribution < 1.29 is 4.79 Å². The van der Waals surface area contributed by atoms with E-state index in [1.807, 2.05) is 23.9 Å². The van der Waals surface area contributed by atoms with Gasteiger partial charge in [-0.15, -0.1) is 0 Å². The molecule has 0 aromatic carbocycles. The predicted molar refractivity (Wildman–Crippen MR) is 77.9 cm³/mol. The SMILES string of the molecule is CN(C)c1cc(NC(=O)N2CCCC23CCC3)ncn1. The van der Waals surface area contributed by atoms with Crippen LogP contribution in [0.1, 0.15) is 32.1 Å². The third kappa shape index (κ3) is 2.19. The van der Waals surface area contributed by atoms with Crippen LogP contribution in [0.2, 0.25) is 0 Å². The minimum atomic E-state index is -0.0226. The van der Waals surface area contributed by atoms with E-state index >= 15 is 0 Å². The van der Waals surface area contributed by atoms with Gasteiger partial charge < -0.3 is 9.80 Å². The highest BCUT2D eigenvalue weighted by Gasteiger charge is 2.47. The van der Waals surface area contributed by atoms with Gasteiger partial charge in [-0.1, -0.05) is 0 Å². The van der Waals surface area contributed by atoms with Gasteiger partial charge in [-0.05, 0) is 32.1 Å². The molecule has 0 radical (unpaired) electrons. The van der Waals surface area contributed by atoms with E-state index in [4.69, 9.17) is 0 Å². The molecule has 6 nitrogen and oxygen atoms in total. The summed E-state index contributed by atoms with van der Waals surface area (Å²) in [5.74, 6) is 1.35. The van der Waals surface area contributed by atoms with Crippen molar-refractivity contribution in [1.82, 2.24) is 14.9 Å². The smallest absolute Gasteiger partial charge is 0.323 e. The molecule has 1 aromatic heterocycles. The molecule has 1 aromatic rings. The first kappa shape index (κ1) is 13.1. The number of aromatic nitrogens is 2. The maximum absolute atomic E-state index is 12.4. The molecule has 108 valence electrons. The number of anilines is 2. The molecule has 1 spiro atoms. The highest BCUT2D eigenvalue weighted by atomic mass is 16.2. The van der Waals surface area contributed by atoms with E-state index in [1.165, 1.54) is 12.7 Å². The minimum absolute atomic E-state index is 0.0226. The molecule has 0 atom stereocenters. The van der Waals surface area contributed by atoms with Gasteiger partial charge in [-0.3, -0.25) is 5.32 Å². The highest BCUT2D eigenvalue weighted by Crippen LogP contribution is 2.45. The standard InChI is InChI=1S/C14H21N5O/c1-18(2)12-9-11(15-10-16-12)17-13(20)19-8-4-7-14(19)5-3-6-14/h9-10H,3-8H2,1-2H3,(H,15,16,17,20). The van der Waals surface area contributed by atoms with Crippen molar-refractivity contribution in [3.8, 4) is 0 Å². The summed E-state index contributed by atoms with van der Waals surface area (Å²) in [5.41, 5.74) is 0.140. The van der Waals surface area contributed by atoms with E-state index in [9.17, 15) is 4.79 Å². The zero-order valence-electron chi connectivity index (χ0n) is 12.1. The van der Waals surface area contributed by atoms with Crippen LogP contribution in [0.25, 0.3) is 0 Å². The summed E-state index contributed by atoms with van der Waals surface area (Å²) < 4.78 is 0. The fourth-order valence-electron chi connectivity index (χ4n) is 3.20. The summed E-state index contributed by atoms with van der Waals surface area (Å²) in [7, 11) is 3.83. The lowest BCUT2D eigenvalue weighted by Gasteiger charge is -2.45. The van der Waals surface area contributed by atoms with Crippen LogP contribution in [0.4, 0.5) is 16.4 Å². The molecule has 3 rings (SSSR count). The lowest BCUT2D eigenvalue weighted by atomic mass is 9.75. The van der Waals surface area contributed by atoms with Gasteiger partial charge in [0.25, 0.3) is 0 Å². The first-order chi connectivity index (χ1) is 9.61. The monoisotopic (exact) mass is 275 g/mol. The number of carbonyl (C=O) groups excluding carboxylic acids is 1. The second-order valence-electron chi connectivity index (χ2n) is 5.92. The summed E-state index contributed by atoms with van der Waals surface area (Å²) in [6.45, 7) is 0.859. The number of nitrogens with zero attached hydrogens (tertiary/aromatic N) is 4. The number of likely N-dealkylation sites (tertiary alicyclic amines) is 1. The van der Waals surface area contributed by atoms with Gasteiger partial charge in [0.2, 0.25) is 0 Å². The molecule has 2 fully saturated rings. The molecule has 1 N–H and O–H groups in total. The van der Waals surface area contributed by atoms with E-state index in [0.717, 1.165) is 38.0 Å². The van der Waals surface area contributed by atoms with Crippen molar-refractivity contribution in [2.24, 2.45) is 0 Å². The molecule has 1 saturated carbocycles. The quantitative estimate of drug-likeness (QED) is 0.897. The van der Waals surface area contributed by atoms with Gasteiger partial charge in [0.1, 0.15) is 18.0 Å². The number of carbonyl (C=O) groups is 1. The second-order valence-corrected chi connectivity index (χ2v) is 5.92. The average molecular weight is 275 g/mol. The fourth-order valence-corrected chi connectivity index (χ4v) is 3.20. The predicted octanol–water partition coefficient (Wildman–Crippen LogP) is 2.09. The molecule has 2 heterocycles. The van der Waals surface area contributed by atoms with E-state index in [-0.39, 0.29) is 11.6 Å². The average Bonchev–Trinajstić information content (AvgIpc) is 2.83. The first-order valence-electron chi connectivity index (χ1n) is 7.19. The zero-order valence-corrected chi connectivity index (χ0v) is 12.1. The molecule has 20 heavy (non-hydrogen) atoms. The van der Waals surface area contributed by atoms with Crippen molar-refractivity contribution in [3.05, 3.63) is 12.4 Å². The van der Waals surface area contributed by atoms with Crippen molar-refractivity contribution in [2.45, 2.75) is 37.6 Å². The number of hydrogen-bond acceptors (Lipinski definition) is 4. The maximum atomic E-state index is 12.4. The third-order valence-corrected chi connectivity index (χ3v) is 4.47. The Balaban J connectivity index is 1.71.